The summed E-state index contributed by atoms with van der Waals surface area (Å²) in [4.78, 5) is 14.6. The molecule has 1 heterocycles. The highest BCUT2D eigenvalue weighted by Crippen LogP contribution is 2.52. The van der Waals surface area contributed by atoms with Gasteiger partial charge in [-0.3, -0.25) is 0 Å². The first-order chi connectivity index (χ1) is 36.2. The highest BCUT2D eigenvalue weighted by Gasteiger charge is 2.37. The van der Waals surface area contributed by atoms with Crippen LogP contribution < -0.4 is 9.80 Å². The lowest BCUT2D eigenvalue weighted by Gasteiger charge is -2.28. The standard InChI is InChI=1S/C70H54N4/c1-69(2)63-27-13-11-25-59(63)61-39-37-57(43-65(61)69)73(53-33-29-49(30-34-53)47-17-7-5-8-18-47)55-23-15-21-51(41-55)67-45-68(72-46-71-67)52-22-16-24-56(42-52)74(54-35-31-50(32-36-54)48-19-9-6-10-20-48)58-38-40-62-60-26-12-14-28-64(60)70(3,4)66(62)44-58/h5-46H,1-4H3. The number of fused-ring (bicyclic) bond motifs is 6. The first kappa shape index (κ1) is 44.8. The zero-order valence-electron chi connectivity index (χ0n) is 42.0. The van der Waals surface area contributed by atoms with Gasteiger partial charge in [0.05, 0.1) is 11.4 Å². The van der Waals surface area contributed by atoms with Crippen LogP contribution in [0.4, 0.5) is 34.1 Å². The molecule has 74 heavy (non-hydrogen) atoms. The fraction of sp³-hybridized carbons (Fsp3) is 0.0857. The molecule has 0 fully saturated rings. The van der Waals surface area contributed by atoms with Crippen LogP contribution in [0.1, 0.15) is 49.9 Å². The number of anilines is 6. The van der Waals surface area contributed by atoms with Gasteiger partial charge in [-0.1, -0.05) is 198 Å². The predicted molar refractivity (Wildman–Crippen MR) is 308 cm³/mol. The fourth-order valence-electron chi connectivity index (χ4n) is 11.7. The minimum absolute atomic E-state index is 0.143. The molecule has 0 aliphatic heterocycles. The van der Waals surface area contributed by atoms with Crippen molar-refractivity contribution < 1.29 is 0 Å². The van der Waals surface area contributed by atoms with E-state index in [0.29, 0.717) is 0 Å². The molecular weight excluding hydrogens is 897 g/mol. The molecule has 11 aromatic rings. The Morgan fingerprint density at radius 2 is 0.595 bits per heavy atom. The lowest BCUT2D eigenvalue weighted by atomic mass is 9.82. The van der Waals surface area contributed by atoms with Gasteiger partial charge >= 0.3 is 0 Å². The highest BCUT2D eigenvalue weighted by molar-refractivity contribution is 5.89. The molecule has 0 radical (unpaired) electrons. The molecule has 0 atom stereocenters. The maximum absolute atomic E-state index is 4.93. The van der Waals surface area contributed by atoms with Crippen LogP contribution in [-0.4, -0.2) is 9.97 Å². The van der Waals surface area contributed by atoms with Gasteiger partial charge in [-0.25, -0.2) is 9.97 Å². The molecule has 0 amide bonds. The van der Waals surface area contributed by atoms with Crippen molar-refractivity contribution in [3.63, 3.8) is 0 Å². The molecule has 354 valence electrons. The van der Waals surface area contributed by atoms with Crippen molar-refractivity contribution >= 4 is 34.1 Å². The van der Waals surface area contributed by atoms with E-state index in [2.05, 4.69) is 286 Å². The second-order valence-corrected chi connectivity index (χ2v) is 20.7. The Morgan fingerprint density at radius 1 is 0.257 bits per heavy atom. The lowest BCUT2D eigenvalue weighted by Crippen LogP contribution is -2.16. The van der Waals surface area contributed by atoms with Gasteiger partial charge in [0.1, 0.15) is 6.33 Å². The van der Waals surface area contributed by atoms with Crippen molar-refractivity contribution in [3.8, 4) is 67.0 Å². The zero-order valence-corrected chi connectivity index (χ0v) is 42.0. The van der Waals surface area contributed by atoms with Gasteiger partial charge in [-0.05, 0) is 146 Å². The summed E-state index contributed by atoms with van der Waals surface area (Å²) < 4.78 is 0. The first-order valence-corrected chi connectivity index (χ1v) is 25.6. The van der Waals surface area contributed by atoms with Crippen LogP contribution in [0, 0.1) is 0 Å². The number of hydrogen-bond donors (Lipinski definition) is 0. The number of benzene rings is 10. The minimum Gasteiger partial charge on any atom is -0.310 e. The maximum atomic E-state index is 4.93. The van der Waals surface area contributed by atoms with E-state index >= 15 is 0 Å². The average molecular weight is 951 g/mol. The number of aromatic nitrogens is 2. The van der Waals surface area contributed by atoms with Gasteiger partial charge in [0.15, 0.2) is 0 Å². The summed E-state index contributed by atoms with van der Waals surface area (Å²) >= 11 is 0. The zero-order chi connectivity index (χ0) is 50.0. The van der Waals surface area contributed by atoms with Crippen molar-refractivity contribution in [1.29, 1.82) is 0 Å². The van der Waals surface area contributed by atoms with E-state index in [-0.39, 0.29) is 10.8 Å². The van der Waals surface area contributed by atoms with Crippen LogP contribution in [-0.2, 0) is 10.8 Å². The number of hydrogen-bond acceptors (Lipinski definition) is 4. The van der Waals surface area contributed by atoms with Gasteiger partial charge in [0.25, 0.3) is 0 Å². The molecule has 0 bridgehead atoms. The Bertz CT molecular complexity index is 3640. The summed E-state index contributed by atoms with van der Waals surface area (Å²) in [6.07, 6.45) is 1.70. The Morgan fingerprint density at radius 3 is 1.03 bits per heavy atom. The molecule has 0 unspecified atom stereocenters. The van der Waals surface area contributed by atoms with Crippen molar-refractivity contribution in [2.24, 2.45) is 0 Å². The molecular formula is C70H54N4. The van der Waals surface area contributed by atoms with Gasteiger partial charge in [0.2, 0.25) is 0 Å². The van der Waals surface area contributed by atoms with Crippen LogP contribution in [0.2, 0.25) is 0 Å². The Hall–Kier alpha value is -9.12. The fourth-order valence-corrected chi connectivity index (χ4v) is 11.7. The molecule has 0 saturated heterocycles. The summed E-state index contributed by atoms with van der Waals surface area (Å²) in [7, 11) is 0. The molecule has 10 aromatic carbocycles. The van der Waals surface area contributed by atoms with Crippen molar-refractivity contribution in [2.45, 2.75) is 38.5 Å². The predicted octanol–water partition coefficient (Wildman–Crippen LogP) is 18.7. The summed E-state index contributed by atoms with van der Waals surface area (Å²) in [5, 5.41) is 0. The molecule has 13 rings (SSSR count). The summed E-state index contributed by atoms with van der Waals surface area (Å²) in [6.45, 7) is 9.38. The van der Waals surface area contributed by atoms with E-state index in [0.717, 1.165) is 56.6 Å². The second-order valence-electron chi connectivity index (χ2n) is 20.7. The van der Waals surface area contributed by atoms with Gasteiger partial charge in [0, 0.05) is 56.1 Å². The van der Waals surface area contributed by atoms with E-state index in [1.54, 1.807) is 6.33 Å². The van der Waals surface area contributed by atoms with Crippen molar-refractivity contribution in [2.75, 3.05) is 9.80 Å². The molecule has 0 saturated carbocycles. The monoisotopic (exact) mass is 950 g/mol. The van der Waals surface area contributed by atoms with Crippen LogP contribution >= 0.6 is 0 Å². The molecule has 2 aliphatic carbocycles. The van der Waals surface area contributed by atoms with E-state index in [1.165, 1.54) is 66.8 Å². The highest BCUT2D eigenvalue weighted by atomic mass is 15.1. The molecule has 1 aromatic heterocycles. The Balaban J connectivity index is 0.879. The third-order valence-electron chi connectivity index (χ3n) is 15.6. The minimum atomic E-state index is -0.143. The first-order valence-electron chi connectivity index (χ1n) is 25.6. The van der Waals surface area contributed by atoms with E-state index in [4.69, 9.17) is 9.97 Å². The van der Waals surface area contributed by atoms with Crippen LogP contribution in [0.25, 0.3) is 67.0 Å². The third-order valence-corrected chi connectivity index (χ3v) is 15.6. The quantitative estimate of drug-likeness (QED) is 0.137. The number of rotatable bonds is 10. The van der Waals surface area contributed by atoms with E-state index in [9.17, 15) is 0 Å². The summed E-state index contributed by atoms with van der Waals surface area (Å²) in [5.74, 6) is 0. The van der Waals surface area contributed by atoms with Crippen LogP contribution in [0.15, 0.2) is 255 Å². The molecule has 0 N–H and O–H groups in total. The molecule has 4 nitrogen and oxygen atoms in total. The molecule has 0 spiro atoms. The third kappa shape index (κ3) is 7.70. The largest absolute Gasteiger partial charge is 0.310 e. The second kappa shape index (κ2) is 17.9. The summed E-state index contributed by atoms with van der Waals surface area (Å²) in [5.41, 5.74) is 25.2. The lowest BCUT2D eigenvalue weighted by molar-refractivity contribution is 0.660. The SMILES string of the molecule is CC1(C)c2ccccc2-c2ccc(N(c3ccc(-c4ccccc4)cc3)c3cccc(-c4cc(-c5cccc(N(c6ccc(-c7ccccc7)cc6)c6ccc7c(c6)C(C)(C)c6ccccc6-7)c5)ncn4)c3)cc21. The average Bonchev–Trinajstić information content (AvgIpc) is 3.83. The van der Waals surface area contributed by atoms with Crippen LogP contribution in [0.3, 0.4) is 0 Å². The van der Waals surface area contributed by atoms with Gasteiger partial charge < -0.3 is 9.80 Å². The van der Waals surface area contributed by atoms with Gasteiger partial charge in [-0.15, -0.1) is 0 Å². The molecule has 2 aliphatic rings. The summed E-state index contributed by atoms with van der Waals surface area (Å²) in [6, 6.07) is 90.3. The normalized spacial score (nSPS) is 13.4. The van der Waals surface area contributed by atoms with Crippen molar-refractivity contribution in [1.82, 2.24) is 9.97 Å². The Kier molecular flexibility index (Phi) is 10.8. The maximum Gasteiger partial charge on any atom is 0.116 e. The molecule has 4 heteroatoms. The Labute approximate surface area is 434 Å². The smallest absolute Gasteiger partial charge is 0.116 e. The van der Waals surface area contributed by atoms with Crippen molar-refractivity contribution in [3.05, 3.63) is 277 Å². The number of nitrogens with zero attached hydrogens (tertiary/aromatic N) is 4. The van der Waals surface area contributed by atoms with Gasteiger partial charge in [-0.2, -0.15) is 0 Å². The topological polar surface area (TPSA) is 32.3 Å². The van der Waals surface area contributed by atoms with E-state index < -0.39 is 0 Å². The van der Waals surface area contributed by atoms with E-state index in [1.807, 2.05) is 0 Å². The van der Waals surface area contributed by atoms with Crippen LogP contribution in [0.5, 0.6) is 0 Å².